The van der Waals surface area contributed by atoms with Crippen LogP contribution in [0.4, 0.5) is 0 Å². The smallest absolute Gasteiger partial charge is 0.239 e. The average Bonchev–Trinajstić information content (AvgIpc) is 2.94. The van der Waals surface area contributed by atoms with E-state index in [-0.39, 0.29) is 0 Å². The first-order valence-corrected chi connectivity index (χ1v) is 6.16. The van der Waals surface area contributed by atoms with Gasteiger partial charge in [-0.25, -0.2) is 0 Å². The molecule has 3 aromatic rings. The molecule has 0 amide bonds. The number of hydrogen-bond donors (Lipinski definition) is 0. The highest BCUT2D eigenvalue weighted by molar-refractivity contribution is 5.36. The van der Waals surface area contributed by atoms with Crippen LogP contribution in [0.5, 0.6) is 11.6 Å². The first-order chi connectivity index (χ1) is 9.85. The normalized spacial score (nSPS) is 10.8. The van der Waals surface area contributed by atoms with Crippen molar-refractivity contribution in [3.8, 4) is 11.6 Å². The highest BCUT2D eigenvalue weighted by Crippen LogP contribution is 2.19. The third kappa shape index (κ3) is 2.72. The van der Waals surface area contributed by atoms with Gasteiger partial charge in [0.1, 0.15) is 5.75 Å². The second-order valence-electron chi connectivity index (χ2n) is 4.19. The van der Waals surface area contributed by atoms with E-state index in [2.05, 4.69) is 20.6 Å². The zero-order valence-electron chi connectivity index (χ0n) is 10.9. The van der Waals surface area contributed by atoms with E-state index in [0.29, 0.717) is 23.9 Å². The number of nitrogens with zero attached hydrogens (tertiary/aromatic N) is 5. The Morgan fingerprint density at radius 1 is 1.10 bits per heavy atom. The van der Waals surface area contributed by atoms with Crippen LogP contribution in [-0.2, 0) is 11.2 Å². The molecule has 0 aliphatic carbocycles. The molecule has 0 spiro atoms. The molecule has 20 heavy (non-hydrogen) atoms. The summed E-state index contributed by atoms with van der Waals surface area (Å²) in [5.41, 5.74) is 1.77. The number of methoxy groups -OCH3 is 1. The van der Waals surface area contributed by atoms with E-state index in [0.717, 1.165) is 6.42 Å². The summed E-state index contributed by atoms with van der Waals surface area (Å²) in [5.74, 6) is 1.15. The molecule has 0 unspecified atom stereocenters. The molecular weight excluding hydrogens is 258 g/mol. The van der Waals surface area contributed by atoms with Gasteiger partial charge in [0, 0.05) is 13.2 Å². The Bertz CT molecular complexity index is 695. The molecule has 3 rings (SSSR count). The minimum atomic E-state index is 0.439. The molecule has 0 saturated carbocycles. The summed E-state index contributed by atoms with van der Waals surface area (Å²) < 4.78 is 12.0. The molecule has 1 aromatic carbocycles. The molecular formula is C13H13N5O2. The van der Waals surface area contributed by atoms with Gasteiger partial charge in [0.2, 0.25) is 5.88 Å². The highest BCUT2D eigenvalue weighted by Gasteiger charge is 2.03. The number of aromatic nitrogens is 5. The molecule has 102 valence electrons. The lowest BCUT2D eigenvalue weighted by molar-refractivity contribution is 0.202. The van der Waals surface area contributed by atoms with E-state index < -0.39 is 0 Å². The minimum absolute atomic E-state index is 0.439. The monoisotopic (exact) mass is 271 g/mol. The van der Waals surface area contributed by atoms with Gasteiger partial charge in [-0.1, -0.05) is 12.1 Å². The molecule has 0 aliphatic heterocycles. The maximum atomic E-state index is 5.66. The van der Waals surface area contributed by atoms with Gasteiger partial charge < -0.3 is 9.47 Å². The first-order valence-electron chi connectivity index (χ1n) is 6.16. The lowest BCUT2D eigenvalue weighted by atomic mass is 10.1. The van der Waals surface area contributed by atoms with Gasteiger partial charge in [0.15, 0.2) is 5.65 Å². The Kier molecular flexibility index (Phi) is 3.51. The highest BCUT2D eigenvalue weighted by atomic mass is 16.5. The second kappa shape index (κ2) is 5.62. The summed E-state index contributed by atoms with van der Waals surface area (Å²) >= 11 is 0. The number of rotatable bonds is 5. The van der Waals surface area contributed by atoms with Crippen molar-refractivity contribution in [1.82, 2.24) is 25.3 Å². The number of tetrazole rings is 1. The first kappa shape index (κ1) is 12.5. The molecule has 0 bridgehead atoms. The Morgan fingerprint density at radius 2 is 1.95 bits per heavy atom. The van der Waals surface area contributed by atoms with Crippen LogP contribution in [-0.4, -0.2) is 39.0 Å². The van der Waals surface area contributed by atoms with Crippen LogP contribution in [0.1, 0.15) is 5.56 Å². The van der Waals surface area contributed by atoms with Gasteiger partial charge in [-0.15, -0.1) is 14.8 Å². The summed E-state index contributed by atoms with van der Waals surface area (Å²) in [4.78, 5) is 0. The fourth-order valence-corrected chi connectivity index (χ4v) is 1.75. The topological polar surface area (TPSA) is 74.4 Å². The Hall–Kier alpha value is -2.54. The SMILES string of the molecule is COCCc1ccc(Oc2ccc3nnnn3n2)cc1. The lowest BCUT2D eigenvalue weighted by Gasteiger charge is -2.05. The van der Waals surface area contributed by atoms with Crippen molar-refractivity contribution >= 4 is 5.65 Å². The second-order valence-corrected chi connectivity index (χ2v) is 4.19. The summed E-state index contributed by atoms with van der Waals surface area (Å²) in [5, 5.41) is 15.2. The molecule has 0 atom stereocenters. The van der Waals surface area contributed by atoms with Gasteiger partial charge in [-0.2, -0.15) is 0 Å². The van der Waals surface area contributed by atoms with Gasteiger partial charge in [-0.3, -0.25) is 0 Å². The maximum absolute atomic E-state index is 5.66. The number of ether oxygens (including phenoxy) is 2. The predicted octanol–water partition coefficient (Wildman–Crippen LogP) is 1.50. The van der Waals surface area contributed by atoms with Gasteiger partial charge in [-0.05, 0) is 40.6 Å². The van der Waals surface area contributed by atoms with E-state index in [1.54, 1.807) is 19.2 Å². The van der Waals surface area contributed by atoms with Crippen molar-refractivity contribution < 1.29 is 9.47 Å². The van der Waals surface area contributed by atoms with Crippen LogP contribution in [0.2, 0.25) is 0 Å². The van der Waals surface area contributed by atoms with Crippen molar-refractivity contribution in [2.75, 3.05) is 13.7 Å². The molecule has 0 fully saturated rings. The van der Waals surface area contributed by atoms with Gasteiger partial charge >= 0.3 is 0 Å². The molecule has 2 heterocycles. The fourth-order valence-electron chi connectivity index (χ4n) is 1.75. The lowest BCUT2D eigenvalue weighted by Crippen LogP contribution is -1.97. The van der Waals surface area contributed by atoms with E-state index in [1.165, 1.54) is 10.2 Å². The molecule has 7 heteroatoms. The zero-order valence-corrected chi connectivity index (χ0v) is 10.9. The predicted molar refractivity (Wildman–Crippen MR) is 70.7 cm³/mol. The van der Waals surface area contributed by atoms with Crippen LogP contribution in [0.15, 0.2) is 36.4 Å². The summed E-state index contributed by atoms with van der Waals surface area (Å²) in [7, 11) is 1.69. The van der Waals surface area contributed by atoms with Crippen molar-refractivity contribution in [2.45, 2.75) is 6.42 Å². The van der Waals surface area contributed by atoms with Crippen molar-refractivity contribution in [1.29, 1.82) is 0 Å². The largest absolute Gasteiger partial charge is 0.438 e. The van der Waals surface area contributed by atoms with E-state index in [9.17, 15) is 0 Å². The van der Waals surface area contributed by atoms with Crippen LogP contribution in [0.25, 0.3) is 5.65 Å². The number of fused-ring (bicyclic) bond motifs is 1. The van der Waals surface area contributed by atoms with E-state index >= 15 is 0 Å². The standard InChI is InChI=1S/C13H13N5O2/c1-19-9-8-10-2-4-11(5-3-10)20-13-7-6-12-14-16-17-18(12)15-13/h2-7H,8-9H2,1H3. The average molecular weight is 271 g/mol. The quantitative estimate of drug-likeness (QED) is 0.700. The summed E-state index contributed by atoms with van der Waals surface area (Å²) in [6.07, 6.45) is 0.881. The molecule has 7 nitrogen and oxygen atoms in total. The molecule has 0 N–H and O–H groups in total. The fraction of sp³-hybridized carbons (Fsp3) is 0.231. The minimum Gasteiger partial charge on any atom is -0.438 e. The Balaban J connectivity index is 1.73. The van der Waals surface area contributed by atoms with Crippen LogP contribution < -0.4 is 4.74 Å². The maximum Gasteiger partial charge on any atom is 0.239 e. The zero-order chi connectivity index (χ0) is 13.8. The number of benzene rings is 1. The molecule has 0 saturated heterocycles. The third-order valence-electron chi connectivity index (χ3n) is 2.79. The molecule has 0 radical (unpaired) electrons. The van der Waals surface area contributed by atoms with Gasteiger partial charge in [0.05, 0.1) is 6.61 Å². The van der Waals surface area contributed by atoms with Crippen molar-refractivity contribution in [3.05, 3.63) is 42.0 Å². The number of hydrogen-bond acceptors (Lipinski definition) is 6. The van der Waals surface area contributed by atoms with Crippen molar-refractivity contribution in [2.24, 2.45) is 0 Å². The third-order valence-corrected chi connectivity index (χ3v) is 2.79. The Morgan fingerprint density at radius 3 is 2.75 bits per heavy atom. The van der Waals surface area contributed by atoms with Crippen molar-refractivity contribution in [3.63, 3.8) is 0 Å². The summed E-state index contributed by atoms with van der Waals surface area (Å²) in [6.45, 7) is 0.706. The van der Waals surface area contributed by atoms with Gasteiger partial charge in [0.25, 0.3) is 0 Å². The van der Waals surface area contributed by atoms with E-state index in [1.807, 2.05) is 24.3 Å². The summed E-state index contributed by atoms with van der Waals surface area (Å²) in [6, 6.07) is 11.3. The van der Waals surface area contributed by atoms with E-state index in [4.69, 9.17) is 9.47 Å². The molecule has 2 aromatic heterocycles. The molecule has 0 aliphatic rings. The van der Waals surface area contributed by atoms with Crippen LogP contribution >= 0.6 is 0 Å². The van der Waals surface area contributed by atoms with Crippen LogP contribution in [0, 0.1) is 0 Å². The Labute approximate surface area is 115 Å². The van der Waals surface area contributed by atoms with Crippen LogP contribution in [0.3, 0.4) is 0 Å².